The summed E-state index contributed by atoms with van der Waals surface area (Å²) in [5.74, 6) is 1.12. The number of nitrogens with one attached hydrogen (secondary N) is 1. The average molecular weight is 415 g/mol. The first-order valence-corrected chi connectivity index (χ1v) is 10.2. The fourth-order valence-corrected chi connectivity index (χ4v) is 3.91. The number of rotatable bonds is 4. The Bertz CT molecular complexity index is 1020. The first-order chi connectivity index (χ1) is 13.9. The van der Waals surface area contributed by atoms with Crippen molar-refractivity contribution in [3.05, 3.63) is 29.5 Å². The Morgan fingerprint density at radius 1 is 1.21 bits per heavy atom. The molecule has 0 aromatic carbocycles. The van der Waals surface area contributed by atoms with Crippen LogP contribution in [-0.2, 0) is 6.54 Å². The third-order valence-electron chi connectivity index (χ3n) is 4.91. The molecule has 0 radical (unpaired) electrons. The highest BCUT2D eigenvalue weighted by Gasteiger charge is 2.22. The molecule has 1 aliphatic rings. The molecule has 0 amide bonds. The highest BCUT2D eigenvalue weighted by molar-refractivity contribution is 7.80. The van der Waals surface area contributed by atoms with Crippen molar-refractivity contribution in [2.45, 2.75) is 40.3 Å². The number of hydrogen-bond donors (Lipinski definition) is 1. The second-order valence-electron chi connectivity index (χ2n) is 7.72. The van der Waals surface area contributed by atoms with Crippen LogP contribution in [0.5, 0.6) is 0 Å². The molecule has 29 heavy (non-hydrogen) atoms. The number of nitrogens with zero attached hydrogens (tertiary/aromatic N) is 7. The molecule has 0 unspecified atom stereocenters. The van der Waals surface area contributed by atoms with E-state index in [0.29, 0.717) is 24.3 Å². The molecular formula is C19H26N8OS. The molecule has 3 aromatic rings. The first kappa shape index (κ1) is 19.7. The minimum Gasteiger partial charge on any atom is -0.360 e. The summed E-state index contributed by atoms with van der Waals surface area (Å²) in [7, 11) is 0. The van der Waals surface area contributed by atoms with Gasteiger partial charge < -0.3 is 14.7 Å². The predicted molar refractivity (Wildman–Crippen MR) is 113 cm³/mol. The minimum absolute atomic E-state index is 0.347. The van der Waals surface area contributed by atoms with Crippen molar-refractivity contribution in [2.75, 3.05) is 26.2 Å². The van der Waals surface area contributed by atoms with E-state index >= 15 is 0 Å². The van der Waals surface area contributed by atoms with Gasteiger partial charge in [0.05, 0.1) is 12.7 Å². The Labute approximate surface area is 175 Å². The van der Waals surface area contributed by atoms with Crippen LogP contribution in [0, 0.1) is 13.8 Å². The Kier molecular flexibility index (Phi) is 5.46. The number of thiocarbonyl (C=S) groups is 1. The summed E-state index contributed by atoms with van der Waals surface area (Å²) in [5, 5.41) is 12.7. The summed E-state index contributed by atoms with van der Waals surface area (Å²) < 4.78 is 7.31. The van der Waals surface area contributed by atoms with E-state index in [1.54, 1.807) is 10.7 Å². The van der Waals surface area contributed by atoms with Gasteiger partial charge in [0.15, 0.2) is 16.6 Å². The summed E-state index contributed by atoms with van der Waals surface area (Å²) in [4.78, 5) is 13.7. The van der Waals surface area contributed by atoms with Gasteiger partial charge in [-0.25, -0.2) is 9.50 Å². The third kappa shape index (κ3) is 4.23. The molecule has 0 spiro atoms. The topological polar surface area (TPSA) is 87.6 Å². The van der Waals surface area contributed by atoms with Crippen LogP contribution in [-0.4, -0.2) is 71.9 Å². The van der Waals surface area contributed by atoms with Crippen LogP contribution in [0.1, 0.15) is 31.1 Å². The average Bonchev–Trinajstić information content (AvgIpc) is 3.28. The van der Waals surface area contributed by atoms with Crippen LogP contribution in [0.15, 0.2) is 16.8 Å². The quantitative estimate of drug-likeness (QED) is 0.642. The van der Waals surface area contributed by atoms with E-state index in [1.807, 2.05) is 19.9 Å². The number of hydrogen-bond acceptors (Lipinski definition) is 7. The van der Waals surface area contributed by atoms with E-state index in [2.05, 4.69) is 49.2 Å². The summed E-state index contributed by atoms with van der Waals surface area (Å²) >= 11 is 5.47. The van der Waals surface area contributed by atoms with Crippen molar-refractivity contribution in [1.82, 2.24) is 39.9 Å². The standard InChI is InChI=1S/C19H26N8OS/c1-12(2)21-19(29)26-7-5-25(6-8-26)11-16-23-18(28-24-16)15-10-20-27-14(4)9-13(3)22-17(15)27/h9-10,12H,5-8,11H2,1-4H3,(H,21,29). The van der Waals surface area contributed by atoms with E-state index in [9.17, 15) is 0 Å². The number of aromatic nitrogens is 5. The highest BCUT2D eigenvalue weighted by Crippen LogP contribution is 2.23. The number of aryl methyl sites for hydroxylation is 2. The van der Waals surface area contributed by atoms with Crippen LogP contribution >= 0.6 is 12.2 Å². The second kappa shape index (κ2) is 8.03. The van der Waals surface area contributed by atoms with E-state index < -0.39 is 0 Å². The van der Waals surface area contributed by atoms with E-state index in [-0.39, 0.29) is 0 Å². The first-order valence-electron chi connectivity index (χ1n) is 9.83. The molecule has 4 heterocycles. The minimum atomic E-state index is 0.347. The molecule has 1 saturated heterocycles. The van der Waals surface area contributed by atoms with Crippen molar-refractivity contribution in [3.63, 3.8) is 0 Å². The van der Waals surface area contributed by atoms with Crippen molar-refractivity contribution in [2.24, 2.45) is 0 Å². The molecule has 9 nitrogen and oxygen atoms in total. The van der Waals surface area contributed by atoms with Crippen LogP contribution in [0.4, 0.5) is 0 Å². The Morgan fingerprint density at radius 2 is 1.97 bits per heavy atom. The molecule has 1 N–H and O–H groups in total. The zero-order valence-electron chi connectivity index (χ0n) is 17.2. The lowest BCUT2D eigenvalue weighted by Gasteiger charge is -2.36. The zero-order chi connectivity index (χ0) is 20.5. The van der Waals surface area contributed by atoms with Gasteiger partial charge in [-0.2, -0.15) is 10.1 Å². The lowest BCUT2D eigenvalue weighted by molar-refractivity contribution is 0.169. The molecule has 3 aromatic heterocycles. The molecule has 0 saturated carbocycles. The highest BCUT2D eigenvalue weighted by atomic mass is 32.1. The lowest BCUT2D eigenvalue weighted by Crippen LogP contribution is -2.52. The van der Waals surface area contributed by atoms with Crippen LogP contribution in [0.2, 0.25) is 0 Å². The normalized spacial score (nSPS) is 15.4. The van der Waals surface area contributed by atoms with Gasteiger partial charge in [0.25, 0.3) is 5.89 Å². The van der Waals surface area contributed by atoms with Crippen molar-refractivity contribution >= 4 is 23.0 Å². The Hall–Kier alpha value is -2.59. The second-order valence-corrected chi connectivity index (χ2v) is 8.10. The lowest BCUT2D eigenvalue weighted by atomic mass is 10.3. The maximum absolute atomic E-state index is 5.52. The maximum atomic E-state index is 5.52. The fraction of sp³-hybridized carbons (Fsp3) is 0.526. The molecule has 0 aliphatic carbocycles. The number of piperazine rings is 1. The summed E-state index contributed by atoms with van der Waals surface area (Å²) in [6.45, 7) is 12.4. The van der Waals surface area contributed by atoms with Gasteiger partial charge >= 0.3 is 0 Å². The monoisotopic (exact) mass is 414 g/mol. The van der Waals surface area contributed by atoms with Gasteiger partial charge in [-0.15, -0.1) is 0 Å². The molecule has 1 fully saturated rings. The van der Waals surface area contributed by atoms with Crippen molar-refractivity contribution in [3.8, 4) is 11.5 Å². The van der Waals surface area contributed by atoms with Crippen LogP contribution in [0.3, 0.4) is 0 Å². The maximum Gasteiger partial charge on any atom is 0.263 e. The Morgan fingerprint density at radius 3 is 2.69 bits per heavy atom. The van der Waals surface area contributed by atoms with Gasteiger partial charge in [-0.05, 0) is 46.0 Å². The molecule has 0 bridgehead atoms. The summed E-state index contributed by atoms with van der Waals surface area (Å²) in [5.41, 5.74) is 3.43. The van der Waals surface area contributed by atoms with Gasteiger partial charge in [0.2, 0.25) is 0 Å². The van der Waals surface area contributed by atoms with Crippen LogP contribution in [0.25, 0.3) is 17.1 Å². The molecule has 154 valence electrons. The predicted octanol–water partition coefficient (Wildman–Crippen LogP) is 1.80. The van der Waals surface area contributed by atoms with Crippen molar-refractivity contribution < 1.29 is 4.52 Å². The molecule has 10 heteroatoms. The Balaban J connectivity index is 1.42. The smallest absolute Gasteiger partial charge is 0.263 e. The fourth-order valence-electron chi connectivity index (χ4n) is 3.50. The SMILES string of the molecule is Cc1cc(C)n2ncc(-c3nc(CN4CCN(C(=S)NC(C)C)CC4)no3)c2n1. The van der Waals surface area contributed by atoms with E-state index in [4.69, 9.17) is 16.7 Å². The van der Waals surface area contributed by atoms with E-state index in [1.165, 1.54) is 0 Å². The molecule has 0 atom stereocenters. The molecule has 4 rings (SSSR count). The summed E-state index contributed by atoms with van der Waals surface area (Å²) in [6.07, 6.45) is 1.73. The van der Waals surface area contributed by atoms with E-state index in [0.717, 1.165) is 53.9 Å². The largest absolute Gasteiger partial charge is 0.360 e. The van der Waals surface area contributed by atoms with Gasteiger partial charge in [-0.1, -0.05) is 5.16 Å². The van der Waals surface area contributed by atoms with Crippen LogP contribution < -0.4 is 5.32 Å². The molecular weight excluding hydrogens is 388 g/mol. The summed E-state index contributed by atoms with van der Waals surface area (Å²) in [6, 6.07) is 2.34. The van der Waals surface area contributed by atoms with Gasteiger partial charge in [0.1, 0.15) is 5.56 Å². The zero-order valence-corrected chi connectivity index (χ0v) is 18.0. The molecule has 1 aliphatic heterocycles. The number of fused-ring (bicyclic) bond motifs is 1. The van der Waals surface area contributed by atoms with Gasteiger partial charge in [-0.3, -0.25) is 4.90 Å². The van der Waals surface area contributed by atoms with Gasteiger partial charge in [0, 0.05) is 43.6 Å². The van der Waals surface area contributed by atoms with Crippen molar-refractivity contribution in [1.29, 1.82) is 0 Å². The third-order valence-corrected chi connectivity index (χ3v) is 5.29.